The zero-order valence-electron chi connectivity index (χ0n) is 20.6. The van der Waals surface area contributed by atoms with E-state index >= 15 is 0 Å². The molecule has 0 aliphatic heterocycles. The molecule has 1 fully saturated rings. The number of carbonyl (C=O) groups is 2. The predicted molar refractivity (Wildman–Crippen MR) is 137 cm³/mol. The number of nitrogens with one attached hydrogen (secondary N) is 1. The van der Waals surface area contributed by atoms with Crippen LogP contribution in [0.1, 0.15) is 44.7 Å². The molecule has 0 spiro atoms. The van der Waals surface area contributed by atoms with Crippen molar-refractivity contribution in [3.05, 3.63) is 63.6 Å². The molecule has 6 nitrogen and oxygen atoms in total. The number of carboxylic acid groups (broad SMARTS) is 1. The van der Waals surface area contributed by atoms with Crippen LogP contribution in [0.25, 0.3) is 0 Å². The number of esters is 1. The highest BCUT2D eigenvalue weighted by atomic mass is 35.5. The molecule has 0 amide bonds. The number of carboxylic acids is 1. The van der Waals surface area contributed by atoms with E-state index in [0.29, 0.717) is 35.2 Å². The van der Waals surface area contributed by atoms with Crippen molar-refractivity contribution in [2.24, 2.45) is 16.7 Å². The van der Waals surface area contributed by atoms with E-state index < -0.39 is 22.8 Å². The average molecular weight is 522 g/mol. The Morgan fingerprint density at radius 2 is 1.74 bits per heavy atom. The highest BCUT2D eigenvalue weighted by Gasteiger charge is 2.55. The lowest BCUT2D eigenvalue weighted by Gasteiger charge is -2.39. The third-order valence-corrected chi connectivity index (χ3v) is 8.52. The Balaban J connectivity index is 1.62. The van der Waals surface area contributed by atoms with E-state index in [4.69, 9.17) is 32.7 Å². The van der Waals surface area contributed by atoms with Gasteiger partial charge in [0.05, 0.1) is 12.5 Å². The van der Waals surface area contributed by atoms with Gasteiger partial charge in [-0.15, -0.1) is 0 Å². The van der Waals surface area contributed by atoms with E-state index in [2.05, 4.69) is 5.32 Å². The third kappa shape index (κ3) is 5.93. The quantitative estimate of drug-likeness (QED) is 0.386. The van der Waals surface area contributed by atoms with Crippen LogP contribution in [0.5, 0.6) is 5.75 Å². The van der Waals surface area contributed by atoms with Gasteiger partial charge in [-0.2, -0.15) is 0 Å². The summed E-state index contributed by atoms with van der Waals surface area (Å²) in [5.74, 6) is -0.333. The van der Waals surface area contributed by atoms with Crippen molar-refractivity contribution in [2.75, 3.05) is 13.7 Å². The lowest BCUT2D eigenvalue weighted by molar-refractivity contribution is -0.154. The average Bonchev–Trinajstić information content (AvgIpc) is 3.06. The number of ether oxygens (including phenoxy) is 2. The summed E-state index contributed by atoms with van der Waals surface area (Å²) < 4.78 is 10.9. The standard InChI is InChI=1S/C27H33Cl2NO5/c1-26(2)18(12-13-27(26,3)25(32)33)15-30-23(24(31)34-4)14-17-8-10-19(11-9-17)35-16-20-21(28)6-5-7-22(20)29/h5-11,18,23,30H,12-16H2,1-4H3,(H,32,33)/t18?,23-,27?/m0/s1. The molecule has 35 heavy (non-hydrogen) atoms. The van der Waals surface area contributed by atoms with Gasteiger partial charge in [0.25, 0.3) is 0 Å². The maximum atomic E-state index is 12.5. The van der Waals surface area contributed by atoms with Crippen molar-refractivity contribution in [2.45, 2.75) is 52.7 Å². The van der Waals surface area contributed by atoms with Gasteiger partial charge < -0.3 is 19.9 Å². The van der Waals surface area contributed by atoms with Gasteiger partial charge in [0.1, 0.15) is 18.4 Å². The first-order valence-corrected chi connectivity index (χ1v) is 12.4. The fraction of sp³-hybridized carbons (Fsp3) is 0.481. The van der Waals surface area contributed by atoms with Crippen LogP contribution in [0, 0.1) is 16.7 Å². The molecule has 190 valence electrons. The number of benzene rings is 2. The van der Waals surface area contributed by atoms with Crippen LogP contribution in [-0.4, -0.2) is 36.7 Å². The number of methoxy groups -OCH3 is 1. The number of rotatable bonds is 10. The molecule has 2 N–H and O–H groups in total. The molecular formula is C27H33Cl2NO5. The van der Waals surface area contributed by atoms with E-state index in [1.54, 1.807) is 18.2 Å². The van der Waals surface area contributed by atoms with Gasteiger partial charge in [0.2, 0.25) is 0 Å². The molecule has 1 aliphatic carbocycles. The Hall–Kier alpha value is -2.28. The fourth-order valence-corrected chi connectivity index (χ4v) is 5.29. The fourth-order valence-electron chi connectivity index (χ4n) is 4.79. The maximum absolute atomic E-state index is 12.5. The van der Waals surface area contributed by atoms with Crippen LogP contribution < -0.4 is 10.1 Å². The van der Waals surface area contributed by atoms with Gasteiger partial charge >= 0.3 is 11.9 Å². The number of aliphatic carboxylic acids is 1. The first-order valence-electron chi connectivity index (χ1n) is 11.7. The highest BCUT2D eigenvalue weighted by molar-refractivity contribution is 6.35. The molecule has 0 bridgehead atoms. The van der Waals surface area contributed by atoms with Crippen molar-refractivity contribution < 1.29 is 24.2 Å². The molecule has 3 rings (SSSR count). The lowest BCUT2D eigenvalue weighted by Crippen LogP contribution is -2.46. The van der Waals surface area contributed by atoms with E-state index in [9.17, 15) is 14.7 Å². The normalized spacial score (nSPS) is 21.9. The van der Waals surface area contributed by atoms with Gasteiger partial charge in [-0.25, -0.2) is 0 Å². The molecule has 8 heteroatoms. The van der Waals surface area contributed by atoms with Crippen LogP contribution in [0.15, 0.2) is 42.5 Å². The van der Waals surface area contributed by atoms with Crippen LogP contribution in [0.3, 0.4) is 0 Å². The minimum Gasteiger partial charge on any atom is -0.489 e. The molecule has 0 aromatic heterocycles. The summed E-state index contributed by atoms with van der Waals surface area (Å²) in [6.07, 6.45) is 1.84. The summed E-state index contributed by atoms with van der Waals surface area (Å²) in [5, 5.41) is 14.2. The van der Waals surface area contributed by atoms with Gasteiger partial charge in [-0.1, -0.05) is 55.2 Å². The number of hydrogen-bond donors (Lipinski definition) is 2. The second kappa shape index (κ2) is 11.2. The second-order valence-electron chi connectivity index (χ2n) is 9.92. The molecule has 2 unspecified atom stereocenters. The van der Waals surface area contributed by atoms with Crippen molar-refractivity contribution in [1.29, 1.82) is 0 Å². The number of halogens is 2. The second-order valence-corrected chi connectivity index (χ2v) is 10.7. The molecule has 0 radical (unpaired) electrons. The first-order chi connectivity index (χ1) is 16.5. The molecule has 2 aromatic rings. The van der Waals surface area contributed by atoms with Crippen molar-refractivity contribution in [3.63, 3.8) is 0 Å². The lowest BCUT2D eigenvalue weighted by atomic mass is 9.65. The van der Waals surface area contributed by atoms with Crippen LogP contribution >= 0.6 is 23.2 Å². The number of hydrogen-bond acceptors (Lipinski definition) is 5. The van der Waals surface area contributed by atoms with Crippen molar-refractivity contribution >= 4 is 35.1 Å². The Morgan fingerprint density at radius 3 is 2.29 bits per heavy atom. The largest absolute Gasteiger partial charge is 0.489 e. The van der Waals surface area contributed by atoms with Gasteiger partial charge in [-0.3, -0.25) is 9.59 Å². The summed E-state index contributed by atoms with van der Waals surface area (Å²) in [4.78, 5) is 24.4. The molecule has 1 aliphatic rings. The van der Waals surface area contributed by atoms with Crippen molar-refractivity contribution in [3.8, 4) is 5.75 Å². The Bertz CT molecular complexity index is 1040. The molecule has 0 heterocycles. The zero-order valence-corrected chi connectivity index (χ0v) is 22.1. The van der Waals surface area contributed by atoms with Gasteiger partial charge in [0.15, 0.2) is 0 Å². The molecule has 0 saturated heterocycles. The summed E-state index contributed by atoms with van der Waals surface area (Å²) in [6.45, 7) is 6.60. The summed E-state index contributed by atoms with van der Waals surface area (Å²) in [7, 11) is 1.37. The number of carbonyl (C=O) groups excluding carboxylic acids is 1. The minimum absolute atomic E-state index is 0.128. The molecular weight excluding hydrogens is 489 g/mol. The summed E-state index contributed by atoms with van der Waals surface area (Å²) in [5.41, 5.74) is 0.473. The molecule has 2 aromatic carbocycles. The smallest absolute Gasteiger partial charge is 0.323 e. The summed E-state index contributed by atoms with van der Waals surface area (Å²) >= 11 is 12.4. The molecule has 1 saturated carbocycles. The topological polar surface area (TPSA) is 84.9 Å². The third-order valence-electron chi connectivity index (χ3n) is 7.81. The first kappa shape index (κ1) is 27.3. The Morgan fingerprint density at radius 1 is 1.11 bits per heavy atom. The van der Waals surface area contributed by atoms with E-state index in [-0.39, 0.29) is 18.5 Å². The van der Waals surface area contributed by atoms with E-state index in [1.807, 2.05) is 45.0 Å². The predicted octanol–water partition coefficient (Wildman–Crippen LogP) is 5.77. The zero-order chi connectivity index (χ0) is 25.8. The van der Waals surface area contributed by atoms with Gasteiger partial charge in [-0.05, 0) is 73.9 Å². The van der Waals surface area contributed by atoms with Crippen LogP contribution in [0.2, 0.25) is 10.0 Å². The van der Waals surface area contributed by atoms with E-state index in [0.717, 1.165) is 17.5 Å². The maximum Gasteiger partial charge on any atom is 0.323 e. The minimum atomic E-state index is -0.788. The SMILES string of the molecule is COC(=O)[C@H](Cc1ccc(OCc2c(Cl)cccc2Cl)cc1)NCC1CCC(C)(C(=O)O)C1(C)C. The van der Waals surface area contributed by atoms with Gasteiger partial charge in [0, 0.05) is 15.6 Å². The monoisotopic (exact) mass is 521 g/mol. The summed E-state index contributed by atoms with van der Waals surface area (Å²) in [6, 6.07) is 12.3. The van der Waals surface area contributed by atoms with Crippen molar-refractivity contribution in [1.82, 2.24) is 5.32 Å². The molecule has 3 atom stereocenters. The highest BCUT2D eigenvalue weighted by Crippen LogP contribution is 2.55. The van der Waals surface area contributed by atoms with Crippen LogP contribution in [-0.2, 0) is 27.4 Å². The van der Waals surface area contributed by atoms with Crippen LogP contribution in [0.4, 0.5) is 0 Å². The van der Waals surface area contributed by atoms with E-state index in [1.165, 1.54) is 7.11 Å². The Kier molecular flexibility index (Phi) is 8.73. The Labute approximate surface area is 216 Å².